The Kier molecular flexibility index (Phi) is 5.72. The Morgan fingerprint density at radius 3 is 2.56 bits per heavy atom. The van der Waals surface area contributed by atoms with Crippen LogP contribution in [0.15, 0.2) is 30.3 Å². The Balaban J connectivity index is 2.15. The van der Waals surface area contributed by atoms with Crippen molar-refractivity contribution in [1.82, 2.24) is 14.8 Å². The Morgan fingerprint density at radius 2 is 1.93 bits per heavy atom. The first-order valence-corrected chi connectivity index (χ1v) is 9.72. The van der Waals surface area contributed by atoms with Crippen LogP contribution in [0, 0.1) is 13.8 Å². The second kappa shape index (κ2) is 8.02. The van der Waals surface area contributed by atoms with Crippen molar-refractivity contribution < 1.29 is 14.3 Å². The maximum absolute atomic E-state index is 13.1. The lowest BCUT2D eigenvalue weighted by Crippen LogP contribution is -2.10. The number of ketones is 1. The lowest BCUT2D eigenvalue weighted by molar-refractivity contribution is 0.0512. The molecule has 0 aliphatic heterocycles. The van der Waals surface area contributed by atoms with Gasteiger partial charge in [0.1, 0.15) is 10.8 Å². The quantitative estimate of drug-likeness (QED) is 0.352. The van der Waals surface area contributed by atoms with Crippen LogP contribution < -0.4 is 0 Å². The van der Waals surface area contributed by atoms with Crippen molar-refractivity contribution in [3.63, 3.8) is 0 Å². The first kappa shape index (κ1) is 19.3. The molecule has 0 unspecified atom stereocenters. The van der Waals surface area contributed by atoms with Gasteiger partial charge in [0.25, 0.3) is 5.82 Å². The minimum absolute atomic E-state index is 0.0430. The number of benzene rings is 1. The molecule has 0 radical (unpaired) electrons. The fraction of sp³-hybridized carbons (Fsp3) is 0.263. The molecule has 6 nitrogen and oxygen atoms in total. The van der Waals surface area contributed by atoms with E-state index in [9.17, 15) is 9.59 Å². The lowest BCUT2D eigenvalue weighted by Gasteiger charge is -2.06. The van der Waals surface area contributed by atoms with Crippen molar-refractivity contribution in [3.8, 4) is 5.00 Å². The number of esters is 1. The monoisotopic (exact) mass is 403 g/mol. The number of carbonyl (C=O) groups is 2. The van der Waals surface area contributed by atoms with Crippen LogP contribution in [0.4, 0.5) is 0 Å². The first-order chi connectivity index (χ1) is 13.0. The zero-order chi connectivity index (χ0) is 19.6. The highest BCUT2D eigenvalue weighted by Gasteiger charge is 2.26. The molecule has 0 bridgehead atoms. The molecular weight excluding hydrogens is 386 g/mol. The molecule has 2 aromatic heterocycles. The van der Waals surface area contributed by atoms with E-state index in [0.29, 0.717) is 22.0 Å². The van der Waals surface area contributed by atoms with Gasteiger partial charge in [-0.25, -0.2) is 14.5 Å². The molecule has 1 aromatic carbocycles. The highest BCUT2D eigenvalue weighted by atomic mass is 35.5. The average Bonchev–Trinajstić information content (AvgIpc) is 3.23. The molecular formula is C19H18ClN3O3S. The Hall–Kier alpha value is -2.51. The molecule has 0 aliphatic carbocycles. The Bertz CT molecular complexity index is 995. The first-order valence-electron chi connectivity index (χ1n) is 8.37. The molecule has 0 aliphatic rings. The highest BCUT2D eigenvalue weighted by Crippen LogP contribution is 2.33. The van der Waals surface area contributed by atoms with Gasteiger partial charge in [0.15, 0.2) is 5.78 Å². The van der Waals surface area contributed by atoms with Crippen LogP contribution in [0.1, 0.15) is 49.7 Å². The van der Waals surface area contributed by atoms with E-state index in [1.54, 1.807) is 19.1 Å². The minimum atomic E-state index is -0.622. The maximum Gasteiger partial charge on any atom is 0.378 e. The number of halogens is 1. The maximum atomic E-state index is 13.1. The zero-order valence-corrected chi connectivity index (χ0v) is 16.7. The van der Waals surface area contributed by atoms with Gasteiger partial charge in [-0.15, -0.1) is 28.0 Å². The fourth-order valence-electron chi connectivity index (χ4n) is 2.64. The summed E-state index contributed by atoms with van der Waals surface area (Å²) in [6.45, 7) is 5.77. The van der Waals surface area contributed by atoms with Gasteiger partial charge < -0.3 is 4.74 Å². The number of thiophene rings is 1. The molecule has 3 aromatic rings. The molecule has 0 fully saturated rings. The Labute approximate surface area is 165 Å². The van der Waals surface area contributed by atoms with Gasteiger partial charge in [-0.3, -0.25) is 4.79 Å². The van der Waals surface area contributed by atoms with Crippen LogP contribution in [0.5, 0.6) is 0 Å². The summed E-state index contributed by atoms with van der Waals surface area (Å²) in [6, 6.07) is 9.04. The molecule has 3 rings (SSSR count). The smallest absolute Gasteiger partial charge is 0.378 e. The summed E-state index contributed by atoms with van der Waals surface area (Å²) in [5.41, 5.74) is 1.99. The summed E-state index contributed by atoms with van der Waals surface area (Å²) in [5, 5.41) is 4.86. The van der Waals surface area contributed by atoms with Crippen LogP contribution in [-0.4, -0.2) is 33.1 Å². The third kappa shape index (κ3) is 3.65. The van der Waals surface area contributed by atoms with Crippen LogP contribution in [0.3, 0.4) is 0 Å². The normalized spacial score (nSPS) is 10.8. The number of rotatable bonds is 6. The van der Waals surface area contributed by atoms with Gasteiger partial charge in [0.2, 0.25) is 0 Å². The molecule has 0 amide bonds. The summed E-state index contributed by atoms with van der Waals surface area (Å²) in [7, 11) is 0. The van der Waals surface area contributed by atoms with Gasteiger partial charge in [0.05, 0.1) is 18.1 Å². The van der Waals surface area contributed by atoms with Crippen LogP contribution in [0.2, 0.25) is 0 Å². The third-order valence-electron chi connectivity index (χ3n) is 4.07. The molecule has 2 heterocycles. The number of aromatic nitrogens is 3. The summed E-state index contributed by atoms with van der Waals surface area (Å²) < 4.78 is 6.44. The number of nitrogens with zero attached hydrogens (tertiary/aromatic N) is 3. The van der Waals surface area contributed by atoms with Gasteiger partial charge in [-0.2, -0.15) is 0 Å². The second-order valence-electron chi connectivity index (χ2n) is 5.78. The van der Waals surface area contributed by atoms with Crippen molar-refractivity contribution in [1.29, 1.82) is 0 Å². The summed E-state index contributed by atoms with van der Waals surface area (Å²) >= 11 is 7.43. The van der Waals surface area contributed by atoms with Crippen LogP contribution in [-0.2, 0) is 10.6 Å². The number of alkyl halides is 1. The topological polar surface area (TPSA) is 74.1 Å². The van der Waals surface area contributed by atoms with E-state index in [-0.39, 0.29) is 24.1 Å². The van der Waals surface area contributed by atoms with Crippen LogP contribution in [0.25, 0.3) is 5.00 Å². The van der Waals surface area contributed by atoms with E-state index in [2.05, 4.69) is 10.1 Å². The molecule has 0 N–H and O–H groups in total. The Morgan fingerprint density at radius 1 is 1.22 bits per heavy atom. The molecule has 0 spiro atoms. The number of hydrogen-bond acceptors (Lipinski definition) is 6. The standard InChI is InChI=1S/C19H18ClN3O3S/c1-4-26-19(25)17-21-14(10-20)23(22-17)18-15(11(2)12(3)27-18)16(24)13-8-6-5-7-9-13/h5-9H,4,10H2,1-3H3. The van der Waals surface area contributed by atoms with E-state index < -0.39 is 5.97 Å². The molecule has 140 valence electrons. The third-order valence-corrected chi connectivity index (χ3v) is 5.50. The molecule has 27 heavy (non-hydrogen) atoms. The predicted molar refractivity (Wildman–Crippen MR) is 104 cm³/mol. The zero-order valence-electron chi connectivity index (χ0n) is 15.2. The number of carbonyl (C=O) groups excluding carboxylic acids is 2. The minimum Gasteiger partial charge on any atom is -0.460 e. The van der Waals surface area contributed by atoms with E-state index in [0.717, 1.165) is 10.4 Å². The summed E-state index contributed by atoms with van der Waals surface area (Å²) in [6.07, 6.45) is 0. The molecule has 0 saturated heterocycles. The second-order valence-corrected chi connectivity index (χ2v) is 7.25. The van der Waals surface area contributed by atoms with Crippen LogP contribution >= 0.6 is 22.9 Å². The summed E-state index contributed by atoms with van der Waals surface area (Å²) in [4.78, 5) is 30.3. The SMILES string of the molecule is CCOC(=O)c1nc(CCl)n(-c2sc(C)c(C)c2C(=O)c2ccccc2)n1. The van der Waals surface area contributed by atoms with E-state index in [1.165, 1.54) is 16.0 Å². The molecule has 8 heteroatoms. The molecule has 0 atom stereocenters. The number of aryl methyl sites for hydroxylation is 1. The lowest BCUT2D eigenvalue weighted by atomic mass is 10.0. The van der Waals surface area contributed by atoms with Crippen molar-refractivity contribution in [2.45, 2.75) is 26.7 Å². The predicted octanol–water partition coefficient (Wildman–Crippen LogP) is 4.09. The summed E-state index contributed by atoms with van der Waals surface area (Å²) in [5.74, 6) is -0.386. The van der Waals surface area contributed by atoms with Crippen molar-refractivity contribution >= 4 is 34.7 Å². The van der Waals surface area contributed by atoms with Crippen molar-refractivity contribution in [2.24, 2.45) is 0 Å². The largest absolute Gasteiger partial charge is 0.460 e. The van der Waals surface area contributed by atoms with E-state index in [1.807, 2.05) is 32.0 Å². The van der Waals surface area contributed by atoms with E-state index >= 15 is 0 Å². The van der Waals surface area contributed by atoms with Gasteiger partial charge >= 0.3 is 5.97 Å². The van der Waals surface area contributed by atoms with Crippen molar-refractivity contribution in [3.05, 3.63) is 63.5 Å². The van der Waals surface area contributed by atoms with E-state index in [4.69, 9.17) is 16.3 Å². The highest BCUT2D eigenvalue weighted by molar-refractivity contribution is 7.15. The van der Waals surface area contributed by atoms with Gasteiger partial charge in [0, 0.05) is 10.4 Å². The molecule has 0 saturated carbocycles. The number of ether oxygens (including phenoxy) is 1. The average molecular weight is 404 g/mol. The fourth-order valence-corrected chi connectivity index (χ4v) is 3.93. The van der Waals surface area contributed by atoms with Gasteiger partial charge in [-0.05, 0) is 26.3 Å². The number of hydrogen-bond donors (Lipinski definition) is 0. The van der Waals surface area contributed by atoms with Gasteiger partial charge in [-0.1, -0.05) is 30.3 Å². The van der Waals surface area contributed by atoms with Crippen molar-refractivity contribution in [2.75, 3.05) is 6.61 Å².